The molecule has 2 nitrogen and oxygen atoms in total. The Hall–Kier alpha value is -5.25. The molecule has 3 heteroatoms. The lowest BCUT2D eigenvalue weighted by atomic mass is 9.66. The van der Waals surface area contributed by atoms with Gasteiger partial charge < -0.3 is 9.73 Å². The van der Waals surface area contributed by atoms with Crippen LogP contribution in [-0.2, 0) is 5.41 Å². The summed E-state index contributed by atoms with van der Waals surface area (Å²) in [6, 6.07) is 52.8. The molecule has 0 unspecified atom stereocenters. The first kappa shape index (κ1) is 24.2. The third kappa shape index (κ3) is 3.12. The van der Waals surface area contributed by atoms with Crippen LogP contribution < -0.4 is 5.32 Å². The number of furan rings is 1. The van der Waals surface area contributed by atoms with Gasteiger partial charge in [-0.25, -0.2) is 0 Å². The molecule has 0 amide bonds. The molecule has 0 saturated carbocycles. The number of nitrogens with one attached hydrogen (secondary N) is 1. The van der Waals surface area contributed by atoms with Crippen LogP contribution in [0.2, 0.25) is 0 Å². The smallest absolute Gasteiger partial charge is 0.158 e. The molecule has 0 atom stereocenters. The lowest BCUT2D eigenvalue weighted by Crippen LogP contribution is -2.32. The van der Waals surface area contributed by atoms with E-state index in [1.54, 1.807) is 0 Å². The number of fused-ring (bicyclic) bond motifs is 13. The predicted octanol–water partition coefficient (Wildman–Crippen LogP) is 11.3. The molecule has 0 saturated heterocycles. The largest absolute Gasteiger partial charge is 0.454 e. The van der Waals surface area contributed by atoms with Crippen LogP contribution in [0.25, 0.3) is 43.8 Å². The highest BCUT2D eigenvalue weighted by molar-refractivity contribution is 7.99. The second-order valence-corrected chi connectivity index (χ2v) is 12.8. The fourth-order valence-electron chi connectivity index (χ4n) is 7.75. The molecule has 0 bridgehead atoms. The Balaban J connectivity index is 1.25. The first-order chi connectivity index (χ1) is 21.8. The van der Waals surface area contributed by atoms with Gasteiger partial charge in [0.1, 0.15) is 5.58 Å². The van der Waals surface area contributed by atoms with Gasteiger partial charge in [0, 0.05) is 31.8 Å². The van der Waals surface area contributed by atoms with Gasteiger partial charge in [-0.2, -0.15) is 0 Å². The van der Waals surface area contributed by atoms with Crippen LogP contribution in [0.15, 0.2) is 160 Å². The van der Waals surface area contributed by atoms with E-state index in [1.807, 2.05) is 11.8 Å². The zero-order valence-corrected chi connectivity index (χ0v) is 24.5. The SMILES string of the molecule is c1ccc2c(c1)Sc1cccc(Nc3cccc4c3oc3cc5ccccc5cc34)c1C21c2ccccc2-c2ccccc21. The minimum atomic E-state index is -0.451. The molecule has 10 rings (SSSR count). The van der Waals surface area contributed by atoms with E-state index in [0.717, 1.165) is 33.3 Å². The second kappa shape index (κ2) is 8.89. The monoisotopic (exact) mass is 579 g/mol. The van der Waals surface area contributed by atoms with Gasteiger partial charge in [0.15, 0.2) is 5.58 Å². The maximum atomic E-state index is 6.63. The van der Waals surface area contributed by atoms with E-state index in [1.165, 1.54) is 53.9 Å². The van der Waals surface area contributed by atoms with Gasteiger partial charge in [0.05, 0.1) is 11.1 Å². The van der Waals surface area contributed by atoms with E-state index in [0.29, 0.717) is 0 Å². The van der Waals surface area contributed by atoms with Crippen LogP contribution in [0.1, 0.15) is 22.3 Å². The van der Waals surface area contributed by atoms with Crippen molar-refractivity contribution in [1.82, 2.24) is 0 Å². The van der Waals surface area contributed by atoms with Gasteiger partial charge in [-0.3, -0.25) is 0 Å². The summed E-state index contributed by atoms with van der Waals surface area (Å²) in [4.78, 5) is 2.57. The van der Waals surface area contributed by atoms with Crippen molar-refractivity contribution in [2.45, 2.75) is 15.2 Å². The number of hydrogen-bond donors (Lipinski definition) is 1. The summed E-state index contributed by atoms with van der Waals surface area (Å²) in [5, 5.41) is 8.57. The average molecular weight is 580 g/mol. The van der Waals surface area contributed by atoms with Crippen LogP contribution in [0.5, 0.6) is 0 Å². The number of benzene rings is 7. The van der Waals surface area contributed by atoms with Crippen molar-refractivity contribution in [3.8, 4) is 11.1 Å². The molecular weight excluding hydrogens is 555 g/mol. The van der Waals surface area contributed by atoms with Gasteiger partial charge >= 0.3 is 0 Å². The van der Waals surface area contributed by atoms with Gasteiger partial charge in [-0.1, -0.05) is 121 Å². The molecule has 0 fully saturated rings. The Morgan fingerprint density at radius 1 is 0.500 bits per heavy atom. The van der Waals surface area contributed by atoms with Gasteiger partial charge in [0.25, 0.3) is 0 Å². The van der Waals surface area contributed by atoms with Crippen molar-refractivity contribution >= 4 is 55.8 Å². The maximum absolute atomic E-state index is 6.63. The Labute approximate surface area is 259 Å². The molecule has 1 aliphatic heterocycles. The summed E-state index contributed by atoms with van der Waals surface area (Å²) in [7, 11) is 0. The molecule has 1 aliphatic carbocycles. The predicted molar refractivity (Wildman–Crippen MR) is 182 cm³/mol. The van der Waals surface area contributed by atoms with E-state index < -0.39 is 5.41 Å². The molecule has 206 valence electrons. The van der Waals surface area contributed by atoms with E-state index in [-0.39, 0.29) is 0 Å². The van der Waals surface area contributed by atoms with Crippen molar-refractivity contribution in [3.05, 3.63) is 168 Å². The van der Waals surface area contributed by atoms with Crippen LogP contribution in [-0.4, -0.2) is 0 Å². The average Bonchev–Trinajstić information content (AvgIpc) is 3.58. The van der Waals surface area contributed by atoms with E-state index in [9.17, 15) is 0 Å². The Morgan fingerprint density at radius 2 is 1.11 bits per heavy atom. The Kier molecular flexibility index (Phi) is 4.89. The molecule has 1 spiro atoms. The lowest BCUT2D eigenvalue weighted by molar-refractivity contribution is 0.670. The Morgan fingerprint density at radius 3 is 1.91 bits per heavy atom. The van der Waals surface area contributed by atoms with Crippen molar-refractivity contribution in [2.24, 2.45) is 0 Å². The standard InChI is InChI=1S/C41H25NOS/c1-2-12-26-24-36-30(23-25(26)11-1)29-15-9-20-35(40(29)43-36)42-34-19-10-22-38-39(34)41(33-18-7-8-21-37(33)44-38)31-16-5-3-13-27(31)28-14-4-6-17-32(28)41/h1-24,42H. The molecule has 1 N–H and O–H groups in total. The number of anilines is 2. The topological polar surface area (TPSA) is 25.2 Å². The zero-order valence-electron chi connectivity index (χ0n) is 23.7. The summed E-state index contributed by atoms with van der Waals surface area (Å²) in [5.41, 5.74) is 11.3. The second-order valence-electron chi connectivity index (χ2n) is 11.7. The number of rotatable bonds is 2. The summed E-state index contributed by atoms with van der Waals surface area (Å²) < 4.78 is 6.63. The molecule has 1 aromatic heterocycles. The van der Waals surface area contributed by atoms with Gasteiger partial charge in [-0.05, 0) is 75.0 Å². The van der Waals surface area contributed by atoms with Crippen molar-refractivity contribution in [1.29, 1.82) is 0 Å². The number of hydrogen-bond acceptors (Lipinski definition) is 3. The molecule has 2 heterocycles. The molecule has 7 aromatic carbocycles. The van der Waals surface area contributed by atoms with E-state index >= 15 is 0 Å². The minimum absolute atomic E-state index is 0.451. The van der Waals surface area contributed by atoms with Crippen LogP contribution in [0, 0.1) is 0 Å². The summed E-state index contributed by atoms with van der Waals surface area (Å²) in [6.45, 7) is 0. The van der Waals surface area contributed by atoms with E-state index in [4.69, 9.17) is 4.42 Å². The zero-order chi connectivity index (χ0) is 28.8. The summed E-state index contributed by atoms with van der Waals surface area (Å²) >= 11 is 1.86. The highest BCUT2D eigenvalue weighted by Crippen LogP contribution is 2.63. The quantitative estimate of drug-likeness (QED) is 0.220. The lowest BCUT2D eigenvalue weighted by Gasteiger charge is -2.41. The normalized spacial score (nSPS) is 14.0. The fraction of sp³-hybridized carbons (Fsp3) is 0.0244. The maximum Gasteiger partial charge on any atom is 0.158 e. The third-order valence-corrected chi connectivity index (χ3v) is 10.6. The molecule has 2 aliphatic rings. The summed E-state index contributed by atoms with van der Waals surface area (Å²) in [5.74, 6) is 0. The molecule has 8 aromatic rings. The fourth-order valence-corrected chi connectivity index (χ4v) is 8.97. The van der Waals surface area contributed by atoms with Crippen molar-refractivity contribution in [2.75, 3.05) is 5.32 Å². The van der Waals surface area contributed by atoms with Crippen LogP contribution in [0.3, 0.4) is 0 Å². The van der Waals surface area contributed by atoms with Gasteiger partial charge in [-0.15, -0.1) is 0 Å². The highest BCUT2D eigenvalue weighted by atomic mass is 32.2. The van der Waals surface area contributed by atoms with Gasteiger partial charge in [0.2, 0.25) is 0 Å². The summed E-state index contributed by atoms with van der Waals surface area (Å²) in [6.07, 6.45) is 0. The minimum Gasteiger partial charge on any atom is -0.454 e. The molecular formula is C41H25NOS. The first-order valence-corrected chi connectivity index (χ1v) is 15.8. The van der Waals surface area contributed by atoms with Crippen LogP contribution >= 0.6 is 11.8 Å². The van der Waals surface area contributed by atoms with Crippen molar-refractivity contribution < 1.29 is 4.42 Å². The first-order valence-electron chi connectivity index (χ1n) is 15.0. The van der Waals surface area contributed by atoms with Crippen LogP contribution in [0.4, 0.5) is 11.4 Å². The molecule has 44 heavy (non-hydrogen) atoms. The highest BCUT2D eigenvalue weighted by Gasteiger charge is 2.51. The van der Waals surface area contributed by atoms with Crippen molar-refractivity contribution in [3.63, 3.8) is 0 Å². The van der Waals surface area contributed by atoms with E-state index in [2.05, 4.69) is 151 Å². The number of para-hydroxylation sites is 1. The third-order valence-electron chi connectivity index (χ3n) is 9.50. The molecule has 0 radical (unpaired) electrons. The Bertz CT molecular complexity index is 2430.